The Morgan fingerprint density at radius 1 is 1.21 bits per heavy atom. The molecule has 0 aromatic carbocycles. The molecular formula is C18H21N5O. The summed E-state index contributed by atoms with van der Waals surface area (Å²) >= 11 is 0. The highest BCUT2D eigenvalue weighted by molar-refractivity contribution is 5.82. The Bertz CT molecular complexity index is 786. The fourth-order valence-electron chi connectivity index (χ4n) is 4.37. The van der Waals surface area contributed by atoms with E-state index in [1.807, 2.05) is 12.1 Å². The van der Waals surface area contributed by atoms with Crippen LogP contribution in [0.15, 0.2) is 24.5 Å². The lowest BCUT2D eigenvalue weighted by Gasteiger charge is -2.27. The van der Waals surface area contributed by atoms with Crippen LogP contribution in [0.5, 0.6) is 0 Å². The summed E-state index contributed by atoms with van der Waals surface area (Å²) in [6.07, 6.45) is 6.68. The Morgan fingerprint density at radius 3 is 2.75 bits per heavy atom. The summed E-state index contributed by atoms with van der Waals surface area (Å²) in [5.41, 5.74) is 1.05. The summed E-state index contributed by atoms with van der Waals surface area (Å²) in [6.45, 7) is 3.86. The number of nitrogens with zero attached hydrogens (tertiary/aromatic N) is 5. The lowest BCUT2D eigenvalue weighted by molar-refractivity contribution is -0.132. The maximum Gasteiger partial charge on any atom is 0.226 e. The molecular weight excluding hydrogens is 302 g/mol. The Balaban J connectivity index is 1.47. The van der Waals surface area contributed by atoms with Crippen LogP contribution in [0.2, 0.25) is 0 Å². The molecule has 2 aliphatic heterocycles. The van der Waals surface area contributed by atoms with Gasteiger partial charge in [-0.2, -0.15) is 0 Å². The molecule has 0 N–H and O–H groups in total. The molecule has 5 rings (SSSR count). The van der Waals surface area contributed by atoms with Crippen LogP contribution in [-0.4, -0.2) is 43.6 Å². The van der Waals surface area contributed by atoms with Gasteiger partial charge in [0.1, 0.15) is 5.82 Å². The lowest BCUT2D eigenvalue weighted by atomic mass is 9.93. The van der Waals surface area contributed by atoms with Gasteiger partial charge in [-0.3, -0.25) is 9.78 Å². The molecule has 2 aromatic rings. The highest BCUT2D eigenvalue weighted by Gasteiger charge is 2.47. The van der Waals surface area contributed by atoms with Gasteiger partial charge in [-0.05, 0) is 36.8 Å². The van der Waals surface area contributed by atoms with Gasteiger partial charge in [0.2, 0.25) is 5.91 Å². The van der Waals surface area contributed by atoms with Crippen molar-refractivity contribution in [2.75, 3.05) is 13.1 Å². The van der Waals surface area contributed by atoms with E-state index in [1.165, 1.54) is 0 Å². The van der Waals surface area contributed by atoms with Crippen molar-refractivity contribution in [3.63, 3.8) is 0 Å². The Labute approximate surface area is 140 Å². The smallest absolute Gasteiger partial charge is 0.226 e. The first kappa shape index (κ1) is 14.1. The zero-order chi connectivity index (χ0) is 16.3. The number of likely N-dealkylation sites (tertiary alicyclic amines) is 1. The monoisotopic (exact) mass is 323 g/mol. The third-order valence-electron chi connectivity index (χ3n) is 5.92. The van der Waals surface area contributed by atoms with Crippen LogP contribution in [0.4, 0.5) is 0 Å². The predicted octanol–water partition coefficient (Wildman–Crippen LogP) is 1.94. The van der Waals surface area contributed by atoms with Crippen molar-refractivity contribution in [2.45, 2.75) is 32.2 Å². The Morgan fingerprint density at radius 2 is 2.00 bits per heavy atom. The molecule has 1 saturated heterocycles. The third kappa shape index (κ3) is 2.08. The van der Waals surface area contributed by atoms with Crippen LogP contribution >= 0.6 is 0 Å². The maximum absolute atomic E-state index is 12.6. The van der Waals surface area contributed by atoms with E-state index in [1.54, 1.807) is 12.4 Å². The highest BCUT2D eigenvalue weighted by Crippen LogP contribution is 2.43. The number of pyridine rings is 1. The summed E-state index contributed by atoms with van der Waals surface area (Å²) in [6, 6.07) is 4.26. The molecule has 24 heavy (non-hydrogen) atoms. The van der Waals surface area contributed by atoms with Gasteiger partial charge in [0.25, 0.3) is 0 Å². The first-order chi connectivity index (χ1) is 11.7. The number of aromatic nitrogens is 4. The van der Waals surface area contributed by atoms with Gasteiger partial charge in [-0.25, -0.2) is 0 Å². The standard InChI is InChI=1S/C18H21N5O/c1-11-8-14(11)18(24)22-9-13-2-3-16-20-21-17(23(16)15(13)10-22)12-4-6-19-7-5-12/h4-7,11,13-15H,2-3,8-10H2,1H3/t11-,13+,14+,15-/m0/s1. The maximum atomic E-state index is 12.6. The normalized spacial score (nSPS) is 30.8. The molecule has 1 amide bonds. The number of carbonyl (C=O) groups is 1. The summed E-state index contributed by atoms with van der Waals surface area (Å²) in [7, 11) is 0. The average molecular weight is 323 g/mol. The van der Waals surface area contributed by atoms with E-state index < -0.39 is 0 Å². The van der Waals surface area contributed by atoms with Crippen LogP contribution in [0.25, 0.3) is 11.4 Å². The molecule has 0 radical (unpaired) electrons. The van der Waals surface area contributed by atoms with Crippen LogP contribution in [0, 0.1) is 17.8 Å². The minimum atomic E-state index is 0.269. The molecule has 4 heterocycles. The fraction of sp³-hybridized carbons (Fsp3) is 0.556. The van der Waals surface area contributed by atoms with Crippen molar-refractivity contribution >= 4 is 5.91 Å². The van der Waals surface area contributed by atoms with Crippen molar-refractivity contribution in [2.24, 2.45) is 17.8 Å². The molecule has 0 spiro atoms. The summed E-state index contributed by atoms with van der Waals surface area (Å²) < 4.78 is 2.28. The number of amides is 1. The number of rotatable bonds is 2. The molecule has 3 aliphatic rings. The molecule has 4 atom stereocenters. The molecule has 0 unspecified atom stereocenters. The van der Waals surface area contributed by atoms with Gasteiger partial charge in [-0.1, -0.05) is 6.92 Å². The summed E-state index contributed by atoms with van der Waals surface area (Å²) in [4.78, 5) is 18.8. The van der Waals surface area contributed by atoms with Gasteiger partial charge in [-0.15, -0.1) is 10.2 Å². The molecule has 2 aromatic heterocycles. The largest absolute Gasteiger partial charge is 0.340 e. The Kier molecular flexibility index (Phi) is 3.02. The van der Waals surface area contributed by atoms with Crippen molar-refractivity contribution in [1.82, 2.24) is 24.6 Å². The number of hydrogen-bond donors (Lipinski definition) is 0. The van der Waals surface area contributed by atoms with Gasteiger partial charge < -0.3 is 9.47 Å². The van der Waals surface area contributed by atoms with Crippen LogP contribution in [0.1, 0.15) is 31.6 Å². The fourth-order valence-corrected chi connectivity index (χ4v) is 4.37. The third-order valence-corrected chi connectivity index (χ3v) is 5.92. The lowest BCUT2D eigenvalue weighted by Crippen LogP contribution is -2.31. The summed E-state index contributed by atoms with van der Waals surface area (Å²) in [5, 5.41) is 8.85. The zero-order valence-corrected chi connectivity index (χ0v) is 13.8. The topological polar surface area (TPSA) is 63.9 Å². The molecule has 124 valence electrons. The minimum Gasteiger partial charge on any atom is -0.340 e. The second-order valence-corrected chi connectivity index (χ2v) is 7.47. The molecule has 0 bridgehead atoms. The SMILES string of the molecule is C[C@H]1C[C@H]1C(=O)N1C[C@H]2CCc3nnc(-c4ccncc4)n3[C@H]2C1. The van der Waals surface area contributed by atoms with E-state index in [2.05, 4.69) is 31.6 Å². The average Bonchev–Trinajstić information content (AvgIpc) is 3.02. The van der Waals surface area contributed by atoms with Crippen LogP contribution in [0.3, 0.4) is 0 Å². The zero-order valence-electron chi connectivity index (χ0n) is 13.8. The van der Waals surface area contributed by atoms with Crippen LogP contribution in [-0.2, 0) is 11.2 Å². The molecule has 1 aliphatic carbocycles. The predicted molar refractivity (Wildman–Crippen MR) is 88.0 cm³/mol. The van der Waals surface area contributed by atoms with E-state index in [4.69, 9.17) is 0 Å². The molecule has 6 heteroatoms. The van der Waals surface area contributed by atoms with Crippen molar-refractivity contribution in [1.29, 1.82) is 0 Å². The second-order valence-electron chi connectivity index (χ2n) is 7.47. The first-order valence-corrected chi connectivity index (χ1v) is 8.85. The number of fused-ring (bicyclic) bond motifs is 3. The van der Waals surface area contributed by atoms with Gasteiger partial charge in [0.05, 0.1) is 6.04 Å². The van der Waals surface area contributed by atoms with E-state index in [-0.39, 0.29) is 5.92 Å². The molecule has 6 nitrogen and oxygen atoms in total. The van der Waals surface area contributed by atoms with Crippen molar-refractivity contribution in [3.05, 3.63) is 30.4 Å². The van der Waals surface area contributed by atoms with Crippen molar-refractivity contribution < 1.29 is 4.79 Å². The highest BCUT2D eigenvalue weighted by atomic mass is 16.2. The van der Waals surface area contributed by atoms with E-state index >= 15 is 0 Å². The molecule has 2 fully saturated rings. The van der Waals surface area contributed by atoms with Gasteiger partial charge in [0.15, 0.2) is 5.82 Å². The Hall–Kier alpha value is -2.24. The minimum absolute atomic E-state index is 0.269. The first-order valence-electron chi connectivity index (χ1n) is 8.85. The van der Waals surface area contributed by atoms with Gasteiger partial charge >= 0.3 is 0 Å². The van der Waals surface area contributed by atoms with Crippen LogP contribution < -0.4 is 0 Å². The van der Waals surface area contributed by atoms with Gasteiger partial charge in [0, 0.05) is 43.4 Å². The number of hydrogen-bond acceptors (Lipinski definition) is 4. The van der Waals surface area contributed by atoms with Crippen molar-refractivity contribution in [3.8, 4) is 11.4 Å². The van der Waals surface area contributed by atoms with E-state index in [0.29, 0.717) is 23.8 Å². The number of carbonyl (C=O) groups excluding carboxylic acids is 1. The number of aryl methyl sites for hydroxylation is 1. The second kappa shape index (κ2) is 5.13. The molecule has 1 saturated carbocycles. The summed E-state index contributed by atoms with van der Waals surface area (Å²) in [5.74, 6) is 3.68. The quantitative estimate of drug-likeness (QED) is 0.847. The van der Waals surface area contributed by atoms with E-state index in [9.17, 15) is 4.79 Å². The van der Waals surface area contributed by atoms with E-state index in [0.717, 1.165) is 49.6 Å².